The summed E-state index contributed by atoms with van der Waals surface area (Å²) in [6.07, 6.45) is 12.1. The lowest BCUT2D eigenvalue weighted by Crippen LogP contribution is -2.18. The summed E-state index contributed by atoms with van der Waals surface area (Å²) in [5.41, 5.74) is 2.42. The summed E-state index contributed by atoms with van der Waals surface area (Å²) in [5.74, 6) is 0. The molecular formula is C11H15NO. The maximum absolute atomic E-state index is 10.9. The van der Waals surface area contributed by atoms with E-state index in [9.17, 15) is 4.79 Å². The van der Waals surface area contributed by atoms with Crippen LogP contribution in [0.5, 0.6) is 0 Å². The first-order chi connectivity index (χ1) is 6.42. The molecule has 2 rings (SSSR count). The van der Waals surface area contributed by atoms with Crippen LogP contribution in [0.2, 0.25) is 0 Å². The molecule has 0 N–H and O–H groups in total. The van der Waals surface area contributed by atoms with Crippen LogP contribution in [0.1, 0.15) is 38.5 Å². The van der Waals surface area contributed by atoms with E-state index in [1.165, 1.54) is 24.2 Å². The molecule has 2 aliphatic rings. The van der Waals surface area contributed by atoms with Crippen molar-refractivity contribution in [2.75, 3.05) is 0 Å². The topological polar surface area (TPSA) is 20.3 Å². The van der Waals surface area contributed by atoms with Gasteiger partial charge in [0.2, 0.25) is 6.41 Å². The van der Waals surface area contributed by atoms with E-state index in [0.29, 0.717) is 0 Å². The van der Waals surface area contributed by atoms with Crippen LogP contribution in [-0.2, 0) is 4.79 Å². The zero-order valence-corrected chi connectivity index (χ0v) is 7.83. The van der Waals surface area contributed by atoms with Gasteiger partial charge in [-0.05, 0) is 38.5 Å². The average Bonchev–Trinajstić information content (AvgIpc) is 2.76. The van der Waals surface area contributed by atoms with Crippen LogP contribution in [0.4, 0.5) is 0 Å². The van der Waals surface area contributed by atoms with Gasteiger partial charge < -0.3 is 0 Å². The minimum Gasteiger partial charge on any atom is -0.292 e. The highest BCUT2D eigenvalue weighted by Crippen LogP contribution is 2.28. The molecule has 0 aromatic carbocycles. The van der Waals surface area contributed by atoms with Gasteiger partial charge in [-0.25, -0.2) is 0 Å². The van der Waals surface area contributed by atoms with Crippen molar-refractivity contribution in [3.05, 3.63) is 23.5 Å². The molecular weight excluding hydrogens is 162 g/mol. The van der Waals surface area contributed by atoms with Gasteiger partial charge in [0.15, 0.2) is 0 Å². The molecule has 0 fully saturated rings. The first-order valence-electron chi connectivity index (χ1n) is 5.04. The van der Waals surface area contributed by atoms with E-state index in [4.69, 9.17) is 0 Å². The largest absolute Gasteiger partial charge is 0.292 e. The molecule has 0 bridgehead atoms. The van der Waals surface area contributed by atoms with Crippen molar-refractivity contribution in [3.63, 3.8) is 0 Å². The monoisotopic (exact) mass is 177 g/mol. The highest BCUT2D eigenvalue weighted by molar-refractivity contribution is 5.55. The van der Waals surface area contributed by atoms with Crippen molar-refractivity contribution in [2.45, 2.75) is 38.5 Å². The fourth-order valence-electron chi connectivity index (χ4n) is 2.07. The molecule has 0 radical (unpaired) electrons. The number of carbonyl (C=O) groups excluding carboxylic acids is 1. The van der Waals surface area contributed by atoms with Crippen LogP contribution in [0, 0.1) is 0 Å². The normalized spacial score (nSPS) is 21.2. The molecule has 0 aromatic heterocycles. The summed E-state index contributed by atoms with van der Waals surface area (Å²) in [7, 11) is 0. The van der Waals surface area contributed by atoms with Crippen molar-refractivity contribution in [3.8, 4) is 0 Å². The Bertz CT molecular complexity index is 241. The Balaban J connectivity index is 2.12. The Morgan fingerprint density at radius 1 is 1.08 bits per heavy atom. The van der Waals surface area contributed by atoms with E-state index >= 15 is 0 Å². The molecule has 0 unspecified atom stereocenters. The summed E-state index contributed by atoms with van der Waals surface area (Å²) in [4.78, 5) is 12.8. The van der Waals surface area contributed by atoms with E-state index in [1.807, 2.05) is 4.90 Å². The van der Waals surface area contributed by atoms with Gasteiger partial charge in [0.05, 0.1) is 0 Å². The Kier molecular flexibility index (Phi) is 2.48. The van der Waals surface area contributed by atoms with E-state index in [1.54, 1.807) is 0 Å². The molecule has 2 aliphatic carbocycles. The molecule has 1 amide bonds. The molecule has 0 saturated heterocycles. The highest BCUT2D eigenvalue weighted by atomic mass is 16.1. The Labute approximate surface area is 78.9 Å². The van der Waals surface area contributed by atoms with E-state index < -0.39 is 0 Å². The molecule has 0 atom stereocenters. The van der Waals surface area contributed by atoms with Crippen molar-refractivity contribution >= 4 is 6.41 Å². The standard InChI is InChI=1S/C11H15NO/c13-9-12(10-5-1-2-6-10)11-7-3-4-8-11/h5,7,9H,1-4,6,8H2. The summed E-state index contributed by atoms with van der Waals surface area (Å²) < 4.78 is 0. The van der Waals surface area contributed by atoms with Gasteiger partial charge in [0, 0.05) is 11.4 Å². The average molecular weight is 177 g/mol. The number of rotatable bonds is 3. The van der Waals surface area contributed by atoms with Gasteiger partial charge in [0.1, 0.15) is 0 Å². The molecule has 0 heterocycles. The van der Waals surface area contributed by atoms with Crippen molar-refractivity contribution in [1.82, 2.24) is 4.90 Å². The van der Waals surface area contributed by atoms with Gasteiger partial charge >= 0.3 is 0 Å². The van der Waals surface area contributed by atoms with Crippen LogP contribution in [0.15, 0.2) is 23.5 Å². The molecule has 2 heteroatoms. The lowest BCUT2D eigenvalue weighted by atomic mass is 10.2. The summed E-state index contributed by atoms with van der Waals surface area (Å²) in [6, 6.07) is 0. The number of nitrogens with zero attached hydrogens (tertiary/aromatic N) is 1. The zero-order chi connectivity index (χ0) is 9.10. The lowest BCUT2D eigenvalue weighted by Gasteiger charge is -2.19. The smallest absolute Gasteiger partial charge is 0.218 e. The molecule has 13 heavy (non-hydrogen) atoms. The van der Waals surface area contributed by atoms with Gasteiger partial charge in [-0.3, -0.25) is 9.69 Å². The second kappa shape index (κ2) is 3.77. The SMILES string of the molecule is O=CN(C1=CCCC1)C1=CCCC1. The van der Waals surface area contributed by atoms with Crippen molar-refractivity contribution < 1.29 is 4.79 Å². The van der Waals surface area contributed by atoms with Gasteiger partial charge in [-0.15, -0.1) is 0 Å². The van der Waals surface area contributed by atoms with Gasteiger partial charge in [-0.2, -0.15) is 0 Å². The molecule has 0 saturated carbocycles. The first kappa shape index (κ1) is 8.54. The lowest BCUT2D eigenvalue weighted by molar-refractivity contribution is -0.115. The third kappa shape index (κ3) is 1.67. The fourth-order valence-corrected chi connectivity index (χ4v) is 2.07. The predicted octanol–water partition coefficient (Wildman–Crippen LogP) is 2.58. The minimum atomic E-state index is 0.967. The summed E-state index contributed by atoms with van der Waals surface area (Å²) in [5, 5.41) is 0. The summed E-state index contributed by atoms with van der Waals surface area (Å²) >= 11 is 0. The quantitative estimate of drug-likeness (QED) is 0.607. The molecule has 0 spiro atoms. The highest BCUT2D eigenvalue weighted by Gasteiger charge is 2.18. The first-order valence-corrected chi connectivity index (χ1v) is 5.04. The molecule has 70 valence electrons. The van der Waals surface area contributed by atoms with Crippen LogP contribution >= 0.6 is 0 Å². The van der Waals surface area contributed by atoms with E-state index in [2.05, 4.69) is 12.2 Å². The Morgan fingerprint density at radius 2 is 1.62 bits per heavy atom. The molecule has 0 aromatic rings. The zero-order valence-electron chi connectivity index (χ0n) is 7.83. The fraction of sp³-hybridized carbons (Fsp3) is 0.545. The van der Waals surface area contributed by atoms with Crippen LogP contribution in [-0.4, -0.2) is 11.3 Å². The van der Waals surface area contributed by atoms with Crippen LogP contribution in [0.3, 0.4) is 0 Å². The second-order valence-corrected chi connectivity index (χ2v) is 3.65. The van der Waals surface area contributed by atoms with Gasteiger partial charge in [0.25, 0.3) is 0 Å². The maximum atomic E-state index is 10.9. The number of hydrogen-bond donors (Lipinski definition) is 0. The van der Waals surface area contributed by atoms with Gasteiger partial charge in [-0.1, -0.05) is 12.2 Å². The second-order valence-electron chi connectivity index (χ2n) is 3.65. The predicted molar refractivity (Wildman–Crippen MR) is 51.8 cm³/mol. The summed E-state index contributed by atoms with van der Waals surface area (Å²) in [6.45, 7) is 0. The minimum absolute atomic E-state index is 0.967. The number of allylic oxidation sites excluding steroid dienone is 4. The Morgan fingerprint density at radius 3 is 1.92 bits per heavy atom. The third-order valence-corrected chi connectivity index (χ3v) is 2.76. The van der Waals surface area contributed by atoms with Crippen LogP contribution in [0.25, 0.3) is 0 Å². The maximum Gasteiger partial charge on any atom is 0.218 e. The van der Waals surface area contributed by atoms with Crippen molar-refractivity contribution in [1.29, 1.82) is 0 Å². The molecule has 0 aliphatic heterocycles. The van der Waals surface area contributed by atoms with Crippen molar-refractivity contribution in [2.24, 2.45) is 0 Å². The van der Waals surface area contributed by atoms with E-state index in [-0.39, 0.29) is 0 Å². The van der Waals surface area contributed by atoms with E-state index in [0.717, 1.165) is 32.1 Å². The third-order valence-electron chi connectivity index (χ3n) is 2.76. The number of hydrogen-bond acceptors (Lipinski definition) is 1. The number of carbonyl (C=O) groups is 1. The number of amides is 1. The Hall–Kier alpha value is -1.05. The molecule has 2 nitrogen and oxygen atoms in total. The van der Waals surface area contributed by atoms with Crippen LogP contribution < -0.4 is 0 Å².